The highest BCUT2D eigenvalue weighted by Gasteiger charge is 2.25. The fourth-order valence-corrected chi connectivity index (χ4v) is 3.18. The van der Waals surface area contributed by atoms with Gasteiger partial charge in [-0.15, -0.1) is 0 Å². The second-order valence-electron chi connectivity index (χ2n) is 6.16. The first-order valence-corrected chi connectivity index (χ1v) is 8.18. The molecule has 2 aromatic rings. The van der Waals surface area contributed by atoms with E-state index in [1.807, 2.05) is 32.0 Å². The Morgan fingerprint density at radius 3 is 2.78 bits per heavy atom. The third-order valence-corrected chi connectivity index (χ3v) is 4.34. The molecular weight excluding hydrogens is 292 g/mol. The number of carbonyl (C=O) groups is 1. The molecule has 2 aromatic heterocycles. The largest absolute Gasteiger partial charge is 0.468 e. The van der Waals surface area contributed by atoms with E-state index < -0.39 is 0 Å². The highest BCUT2D eigenvalue weighted by molar-refractivity contribution is 5.75. The first-order chi connectivity index (χ1) is 11.1. The number of hydrogen-bond acceptors (Lipinski definition) is 4. The molecule has 1 unspecified atom stereocenters. The SMILES string of the molecule is Cc1cc(C)n(CC(=O)NCC(c2ccco2)N2CCCC2)n1. The van der Waals surface area contributed by atoms with E-state index in [9.17, 15) is 4.79 Å². The number of aryl methyl sites for hydroxylation is 2. The van der Waals surface area contributed by atoms with Crippen LogP contribution in [0.3, 0.4) is 0 Å². The van der Waals surface area contributed by atoms with Gasteiger partial charge in [0.15, 0.2) is 0 Å². The van der Waals surface area contributed by atoms with E-state index in [0.717, 1.165) is 30.2 Å². The van der Waals surface area contributed by atoms with E-state index in [2.05, 4.69) is 15.3 Å². The van der Waals surface area contributed by atoms with Crippen LogP contribution < -0.4 is 5.32 Å². The zero-order valence-electron chi connectivity index (χ0n) is 13.8. The molecule has 23 heavy (non-hydrogen) atoms. The van der Waals surface area contributed by atoms with Crippen LogP contribution in [-0.2, 0) is 11.3 Å². The van der Waals surface area contributed by atoms with Gasteiger partial charge in [0.25, 0.3) is 0 Å². The van der Waals surface area contributed by atoms with Gasteiger partial charge in [-0.05, 0) is 58.0 Å². The fourth-order valence-electron chi connectivity index (χ4n) is 3.18. The molecular formula is C17H24N4O2. The van der Waals surface area contributed by atoms with Gasteiger partial charge in [0, 0.05) is 12.2 Å². The third-order valence-electron chi connectivity index (χ3n) is 4.34. The van der Waals surface area contributed by atoms with Gasteiger partial charge in [-0.3, -0.25) is 14.4 Å². The quantitative estimate of drug-likeness (QED) is 0.886. The number of rotatable bonds is 6. The fraction of sp³-hybridized carbons (Fsp3) is 0.529. The summed E-state index contributed by atoms with van der Waals surface area (Å²) in [6, 6.07) is 5.96. The summed E-state index contributed by atoms with van der Waals surface area (Å²) in [5.41, 5.74) is 1.93. The lowest BCUT2D eigenvalue weighted by Gasteiger charge is -2.26. The van der Waals surface area contributed by atoms with Crippen molar-refractivity contribution in [1.29, 1.82) is 0 Å². The second kappa shape index (κ2) is 7.00. The second-order valence-corrected chi connectivity index (χ2v) is 6.16. The molecule has 0 aromatic carbocycles. The zero-order valence-corrected chi connectivity index (χ0v) is 13.8. The topological polar surface area (TPSA) is 63.3 Å². The van der Waals surface area contributed by atoms with Crippen molar-refractivity contribution in [3.8, 4) is 0 Å². The highest BCUT2D eigenvalue weighted by Crippen LogP contribution is 2.24. The van der Waals surface area contributed by atoms with Crippen LogP contribution >= 0.6 is 0 Å². The summed E-state index contributed by atoms with van der Waals surface area (Å²) in [4.78, 5) is 14.6. The predicted octanol–water partition coefficient (Wildman–Crippen LogP) is 2.05. The molecule has 0 spiro atoms. The number of aromatic nitrogens is 2. The van der Waals surface area contributed by atoms with Gasteiger partial charge in [-0.2, -0.15) is 5.10 Å². The first kappa shape index (κ1) is 15.8. The Kier molecular flexibility index (Phi) is 4.81. The zero-order chi connectivity index (χ0) is 16.2. The van der Waals surface area contributed by atoms with Gasteiger partial charge >= 0.3 is 0 Å². The minimum Gasteiger partial charge on any atom is -0.468 e. The molecule has 3 rings (SSSR count). The summed E-state index contributed by atoms with van der Waals surface area (Å²) >= 11 is 0. The number of nitrogens with zero attached hydrogens (tertiary/aromatic N) is 3. The molecule has 0 bridgehead atoms. The Labute approximate surface area is 136 Å². The Balaban J connectivity index is 1.60. The maximum absolute atomic E-state index is 12.2. The Hall–Kier alpha value is -2.08. The molecule has 6 nitrogen and oxygen atoms in total. The van der Waals surface area contributed by atoms with Crippen LogP contribution in [0.4, 0.5) is 0 Å². The smallest absolute Gasteiger partial charge is 0.241 e. The standard InChI is InChI=1S/C17H24N4O2/c1-13-10-14(2)21(19-13)12-17(22)18-11-15(16-6-5-9-23-16)20-7-3-4-8-20/h5-6,9-10,15H,3-4,7-8,11-12H2,1-2H3,(H,18,22). The van der Waals surface area contributed by atoms with Crippen molar-refractivity contribution in [2.75, 3.05) is 19.6 Å². The molecule has 1 aliphatic heterocycles. The van der Waals surface area contributed by atoms with Gasteiger partial charge in [0.05, 0.1) is 18.0 Å². The molecule has 124 valence electrons. The summed E-state index contributed by atoms with van der Waals surface area (Å²) < 4.78 is 7.31. The van der Waals surface area contributed by atoms with Crippen molar-refractivity contribution in [2.24, 2.45) is 0 Å². The summed E-state index contributed by atoms with van der Waals surface area (Å²) in [5, 5.41) is 7.36. The Bertz CT molecular complexity index is 642. The minimum atomic E-state index is -0.0213. The lowest BCUT2D eigenvalue weighted by atomic mass is 10.2. The lowest BCUT2D eigenvalue weighted by molar-refractivity contribution is -0.122. The van der Waals surface area contributed by atoms with Crippen molar-refractivity contribution in [3.63, 3.8) is 0 Å². The minimum absolute atomic E-state index is 0.0213. The highest BCUT2D eigenvalue weighted by atomic mass is 16.3. The molecule has 0 radical (unpaired) electrons. The monoisotopic (exact) mass is 316 g/mol. The van der Waals surface area contributed by atoms with Gasteiger partial charge in [-0.25, -0.2) is 0 Å². The third kappa shape index (κ3) is 3.82. The average molecular weight is 316 g/mol. The number of amides is 1. The molecule has 0 aliphatic carbocycles. The summed E-state index contributed by atoms with van der Waals surface area (Å²) in [6.07, 6.45) is 4.10. The number of carbonyl (C=O) groups excluding carboxylic acids is 1. The van der Waals surface area contributed by atoms with Crippen LogP contribution in [0.1, 0.15) is 36.0 Å². The Morgan fingerprint density at radius 1 is 1.39 bits per heavy atom. The summed E-state index contributed by atoms with van der Waals surface area (Å²) in [5.74, 6) is 0.894. The van der Waals surface area contributed by atoms with Crippen LogP contribution in [0.2, 0.25) is 0 Å². The van der Waals surface area contributed by atoms with Crippen molar-refractivity contribution >= 4 is 5.91 Å². The van der Waals surface area contributed by atoms with E-state index in [-0.39, 0.29) is 18.5 Å². The molecule has 6 heteroatoms. The van der Waals surface area contributed by atoms with Crippen molar-refractivity contribution in [1.82, 2.24) is 20.0 Å². The van der Waals surface area contributed by atoms with E-state index in [1.165, 1.54) is 12.8 Å². The maximum Gasteiger partial charge on any atom is 0.241 e. The molecule has 1 aliphatic rings. The maximum atomic E-state index is 12.2. The molecule has 1 saturated heterocycles. The average Bonchev–Trinajstić information content (AvgIpc) is 3.24. The van der Waals surface area contributed by atoms with Crippen LogP contribution in [0.25, 0.3) is 0 Å². The first-order valence-electron chi connectivity index (χ1n) is 8.18. The van der Waals surface area contributed by atoms with Crippen LogP contribution in [0.15, 0.2) is 28.9 Å². The number of nitrogens with one attached hydrogen (secondary N) is 1. The van der Waals surface area contributed by atoms with Gasteiger partial charge in [-0.1, -0.05) is 0 Å². The molecule has 1 fully saturated rings. The number of hydrogen-bond donors (Lipinski definition) is 1. The van der Waals surface area contributed by atoms with Crippen molar-refractivity contribution in [3.05, 3.63) is 41.6 Å². The summed E-state index contributed by atoms with van der Waals surface area (Å²) in [7, 11) is 0. The molecule has 1 atom stereocenters. The molecule has 3 heterocycles. The van der Waals surface area contributed by atoms with Crippen LogP contribution in [0, 0.1) is 13.8 Å². The number of likely N-dealkylation sites (tertiary alicyclic amines) is 1. The lowest BCUT2D eigenvalue weighted by Crippen LogP contribution is -2.38. The van der Waals surface area contributed by atoms with Crippen molar-refractivity contribution < 1.29 is 9.21 Å². The van der Waals surface area contributed by atoms with Crippen LogP contribution in [-0.4, -0.2) is 40.2 Å². The van der Waals surface area contributed by atoms with Crippen LogP contribution in [0.5, 0.6) is 0 Å². The van der Waals surface area contributed by atoms with Gasteiger partial charge in [0.2, 0.25) is 5.91 Å². The van der Waals surface area contributed by atoms with Gasteiger partial charge < -0.3 is 9.73 Å². The molecule has 1 N–H and O–H groups in total. The van der Waals surface area contributed by atoms with E-state index in [0.29, 0.717) is 6.54 Å². The number of furan rings is 1. The van der Waals surface area contributed by atoms with Crippen molar-refractivity contribution in [2.45, 2.75) is 39.3 Å². The Morgan fingerprint density at radius 2 is 2.17 bits per heavy atom. The molecule has 1 amide bonds. The normalized spacial score (nSPS) is 16.6. The van der Waals surface area contributed by atoms with Gasteiger partial charge in [0.1, 0.15) is 12.3 Å². The summed E-state index contributed by atoms with van der Waals surface area (Å²) in [6.45, 7) is 6.82. The van der Waals surface area contributed by atoms with E-state index in [4.69, 9.17) is 4.42 Å². The molecule has 0 saturated carbocycles. The van der Waals surface area contributed by atoms with E-state index in [1.54, 1.807) is 10.9 Å². The predicted molar refractivity (Wildman–Crippen MR) is 87.0 cm³/mol. The van der Waals surface area contributed by atoms with E-state index >= 15 is 0 Å².